The van der Waals surface area contributed by atoms with Gasteiger partial charge in [-0.15, -0.1) is 0 Å². The van der Waals surface area contributed by atoms with Gasteiger partial charge in [0.1, 0.15) is 6.10 Å². The van der Waals surface area contributed by atoms with Gasteiger partial charge in [-0.1, -0.05) is 60.5 Å². The molecule has 30 heavy (non-hydrogen) atoms. The molecule has 2 aromatic carbocycles. The van der Waals surface area contributed by atoms with E-state index in [9.17, 15) is 25.1 Å². The second kappa shape index (κ2) is 13.1. The molecule has 0 heterocycles. The molecule has 1 unspecified atom stereocenters. The van der Waals surface area contributed by atoms with Crippen molar-refractivity contribution in [2.24, 2.45) is 0 Å². The zero-order valence-electron chi connectivity index (χ0n) is 16.2. The van der Waals surface area contributed by atoms with Gasteiger partial charge in [0.25, 0.3) is 11.6 Å². The molecule has 4 N–H and O–H groups in total. The largest absolute Gasteiger partial charge is 0.394 e. The van der Waals surface area contributed by atoms with Gasteiger partial charge in [-0.3, -0.25) is 14.9 Å². The number of aliphatic hydroxyl groups excluding tert-OH is 3. The first kappa shape index (κ1) is 25.8. The van der Waals surface area contributed by atoms with Crippen molar-refractivity contribution in [1.82, 2.24) is 5.32 Å². The molecular weight excluding hydrogens is 435 g/mol. The van der Waals surface area contributed by atoms with Crippen molar-refractivity contribution in [1.29, 1.82) is 0 Å². The summed E-state index contributed by atoms with van der Waals surface area (Å²) in [5, 5.41) is 41.3. The van der Waals surface area contributed by atoms with Gasteiger partial charge in [0.05, 0.1) is 23.7 Å². The summed E-state index contributed by atoms with van der Waals surface area (Å²) >= 11 is 10.7. The van der Waals surface area contributed by atoms with Crippen LogP contribution in [-0.2, 0) is 4.79 Å². The molecule has 0 radical (unpaired) electrons. The number of non-ortho nitro benzene ring substituents is 1. The lowest BCUT2D eigenvalue weighted by molar-refractivity contribution is -0.384. The van der Waals surface area contributed by atoms with Crippen molar-refractivity contribution in [3.63, 3.8) is 0 Å². The third kappa shape index (κ3) is 8.25. The van der Waals surface area contributed by atoms with E-state index in [0.29, 0.717) is 5.56 Å². The molecule has 3 atom stereocenters. The number of rotatable bonds is 8. The van der Waals surface area contributed by atoms with Crippen molar-refractivity contribution in [2.75, 3.05) is 6.61 Å². The second-order valence-corrected chi connectivity index (χ2v) is 7.32. The lowest BCUT2D eigenvalue weighted by Gasteiger charge is -2.22. The maximum absolute atomic E-state index is 11.3. The number of hydrogen-bond donors (Lipinski definition) is 4. The van der Waals surface area contributed by atoms with Crippen molar-refractivity contribution in [3.8, 4) is 0 Å². The lowest BCUT2D eigenvalue weighted by atomic mass is 10.0. The van der Waals surface area contributed by atoms with E-state index in [1.165, 1.54) is 24.3 Å². The normalized spacial score (nSPS) is 13.6. The van der Waals surface area contributed by atoms with Gasteiger partial charge in [-0.05, 0) is 29.7 Å². The number of nitrogens with zero attached hydrogens (tertiary/aromatic N) is 1. The van der Waals surface area contributed by atoms with Crippen LogP contribution in [0.15, 0.2) is 54.6 Å². The third-order valence-corrected chi connectivity index (χ3v) is 4.52. The van der Waals surface area contributed by atoms with Crippen molar-refractivity contribution in [2.45, 2.75) is 36.4 Å². The van der Waals surface area contributed by atoms with E-state index in [1.807, 2.05) is 37.3 Å². The van der Waals surface area contributed by atoms with Gasteiger partial charge in [-0.2, -0.15) is 0 Å². The number of halogens is 2. The predicted octanol–water partition coefficient (Wildman–Crippen LogP) is 3.04. The van der Waals surface area contributed by atoms with Crippen LogP contribution in [0.2, 0.25) is 0 Å². The van der Waals surface area contributed by atoms with E-state index in [4.69, 9.17) is 28.3 Å². The Kier molecular flexibility index (Phi) is 11.3. The maximum atomic E-state index is 11.3. The molecule has 8 nitrogen and oxygen atoms in total. The highest BCUT2D eigenvalue weighted by atomic mass is 35.5. The summed E-state index contributed by atoms with van der Waals surface area (Å²) in [5.41, 5.74) is 1.17. The first-order chi connectivity index (χ1) is 14.2. The van der Waals surface area contributed by atoms with Crippen molar-refractivity contribution in [3.05, 3.63) is 75.8 Å². The fourth-order valence-electron chi connectivity index (χ4n) is 2.41. The number of aliphatic hydroxyl groups is 3. The molecule has 0 aliphatic rings. The van der Waals surface area contributed by atoms with Crippen LogP contribution < -0.4 is 5.32 Å². The molecule has 0 saturated carbocycles. The van der Waals surface area contributed by atoms with Gasteiger partial charge in [0.15, 0.2) is 4.84 Å². The molecule has 2 aromatic rings. The Morgan fingerprint density at radius 2 is 1.63 bits per heavy atom. The number of carbonyl (C=O) groups excluding carboxylic acids is 1. The quantitative estimate of drug-likeness (QED) is 0.273. The molecule has 0 aliphatic heterocycles. The first-order valence-corrected chi connectivity index (χ1v) is 9.93. The number of benzene rings is 2. The van der Waals surface area contributed by atoms with Crippen molar-refractivity contribution < 1.29 is 25.0 Å². The third-order valence-electron chi connectivity index (χ3n) is 4.12. The molecule has 1 amide bonds. The van der Waals surface area contributed by atoms with E-state index >= 15 is 0 Å². The average molecular weight is 459 g/mol. The molecule has 2 rings (SSSR count). The van der Waals surface area contributed by atoms with Gasteiger partial charge in [0.2, 0.25) is 0 Å². The number of carbonyl (C=O) groups is 1. The minimum Gasteiger partial charge on any atom is -0.394 e. The first-order valence-electron chi connectivity index (χ1n) is 9.06. The average Bonchev–Trinajstić information content (AvgIpc) is 2.77. The topological polar surface area (TPSA) is 133 Å². The van der Waals surface area contributed by atoms with Gasteiger partial charge in [-0.25, -0.2) is 0 Å². The number of nitrogens with one attached hydrogen (secondary N) is 1. The van der Waals surface area contributed by atoms with Crippen LogP contribution >= 0.6 is 23.2 Å². The fraction of sp³-hybridized carbons (Fsp3) is 0.350. The molecule has 0 aliphatic carbocycles. The Labute approximate surface area is 184 Å². The zero-order chi connectivity index (χ0) is 22.7. The molecule has 0 fully saturated rings. The number of nitro groups is 1. The van der Waals surface area contributed by atoms with E-state index in [2.05, 4.69) is 5.32 Å². The highest BCUT2D eigenvalue weighted by Crippen LogP contribution is 2.20. The van der Waals surface area contributed by atoms with E-state index in [0.717, 1.165) is 12.0 Å². The summed E-state index contributed by atoms with van der Waals surface area (Å²) in [6, 6.07) is 13.8. The van der Waals surface area contributed by atoms with Gasteiger partial charge >= 0.3 is 0 Å². The van der Waals surface area contributed by atoms with Crippen LogP contribution in [0, 0.1) is 10.1 Å². The second-order valence-electron chi connectivity index (χ2n) is 6.23. The van der Waals surface area contributed by atoms with E-state index in [1.54, 1.807) is 0 Å². The summed E-state index contributed by atoms with van der Waals surface area (Å²) in [6.07, 6.45) is -0.762. The van der Waals surface area contributed by atoms with Crippen LogP contribution in [-0.4, -0.2) is 43.6 Å². The molecule has 0 spiro atoms. The Hall–Kier alpha value is -2.23. The van der Waals surface area contributed by atoms with Crippen molar-refractivity contribution >= 4 is 34.8 Å². The van der Waals surface area contributed by atoms with Crippen LogP contribution in [0.3, 0.4) is 0 Å². The van der Waals surface area contributed by atoms with Gasteiger partial charge < -0.3 is 20.6 Å². The fourth-order valence-corrected chi connectivity index (χ4v) is 2.53. The zero-order valence-corrected chi connectivity index (χ0v) is 17.7. The molecule has 10 heteroatoms. The number of hydrogen-bond acceptors (Lipinski definition) is 6. The van der Waals surface area contributed by atoms with Crippen LogP contribution in [0.4, 0.5) is 5.69 Å². The summed E-state index contributed by atoms with van der Waals surface area (Å²) < 4.78 is 0. The minimum atomic E-state index is -1.33. The van der Waals surface area contributed by atoms with Crippen LogP contribution in [0.1, 0.15) is 36.7 Å². The summed E-state index contributed by atoms with van der Waals surface area (Å²) in [6.45, 7) is 1.42. The molecule has 0 saturated heterocycles. The Balaban J connectivity index is 0.000000375. The summed E-state index contributed by atoms with van der Waals surface area (Å²) in [7, 11) is 0. The number of nitro benzene ring substituents is 1. The number of amides is 1. The molecule has 164 valence electrons. The minimum absolute atomic E-state index is 0.132. The standard InChI is InChI=1S/C11H12Cl2N2O5.C9H12O/c12-10(13)11(18)14-8(5-16)9(17)6-1-3-7(4-2-6)15(19)20;1-2-9(10)8-6-4-3-5-7-8/h1-4,8-10,16-17H,5H2,(H,14,18);3-7,9-10H,2H2,1H3/t8-,9-;/m1./s1. The highest BCUT2D eigenvalue weighted by Gasteiger charge is 2.24. The Bertz CT molecular complexity index is 790. The monoisotopic (exact) mass is 458 g/mol. The Morgan fingerprint density at radius 1 is 1.07 bits per heavy atom. The molecule has 0 bridgehead atoms. The summed E-state index contributed by atoms with van der Waals surface area (Å²) in [4.78, 5) is 19.9. The Morgan fingerprint density at radius 3 is 2.07 bits per heavy atom. The smallest absolute Gasteiger partial charge is 0.269 e. The predicted molar refractivity (Wildman–Crippen MR) is 114 cm³/mol. The van der Waals surface area contributed by atoms with E-state index < -0.39 is 34.4 Å². The SMILES string of the molecule is CCC(O)c1ccccc1.O=C(N[C@H](CO)[C@H](O)c1ccc([N+](=O)[O-])cc1)C(Cl)Cl. The van der Waals surface area contributed by atoms with Gasteiger partial charge in [0, 0.05) is 12.1 Å². The maximum Gasteiger partial charge on any atom is 0.269 e. The summed E-state index contributed by atoms with van der Waals surface area (Å²) in [5.74, 6) is -0.756. The lowest BCUT2D eigenvalue weighted by Crippen LogP contribution is -2.44. The number of alkyl halides is 2. The van der Waals surface area contributed by atoms with E-state index in [-0.39, 0.29) is 11.8 Å². The molecule has 0 aromatic heterocycles. The van der Waals surface area contributed by atoms with Crippen LogP contribution in [0.25, 0.3) is 0 Å². The highest BCUT2D eigenvalue weighted by molar-refractivity contribution is 6.53. The van der Waals surface area contributed by atoms with Crippen LogP contribution in [0.5, 0.6) is 0 Å². The molecular formula is C20H24Cl2N2O6.